The first-order valence-corrected chi connectivity index (χ1v) is 4.56. The lowest BCUT2D eigenvalue weighted by atomic mass is 10.2. The van der Waals surface area contributed by atoms with Gasteiger partial charge in [-0.2, -0.15) is 12.6 Å². The van der Waals surface area contributed by atoms with Crippen LogP contribution in [0.5, 0.6) is 0 Å². The largest absolute Gasteiger partial charge is 0.481 e. The number of carbonyl (C=O) groups is 3. The maximum Gasteiger partial charge on any atom is 0.321 e. The van der Waals surface area contributed by atoms with E-state index in [-0.39, 0.29) is 5.75 Å². The van der Waals surface area contributed by atoms with Crippen molar-refractivity contribution in [1.29, 1.82) is 0 Å². The Hall–Kier alpha value is -1.28. The summed E-state index contributed by atoms with van der Waals surface area (Å²) in [4.78, 5) is 31.4. The van der Waals surface area contributed by atoms with E-state index in [2.05, 4.69) is 17.9 Å². The second-order valence-corrected chi connectivity index (χ2v) is 3.09. The third-order valence-corrected chi connectivity index (χ3v) is 1.93. The molecule has 0 rings (SSSR count). The van der Waals surface area contributed by atoms with E-state index >= 15 is 0 Å². The van der Waals surface area contributed by atoms with Gasteiger partial charge in [0.15, 0.2) is 0 Å². The van der Waals surface area contributed by atoms with Crippen LogP contribution in [0.4, 0.5) is 0 Å². The summed E-state index contributed by atoms with van der Waals surface area (Å²) in [5.74, 6) is -4.14. The molecule has 15 heavy (non-hydrogen) atoms. The molecule has 0 radical (unpaired) electrons. The van der Waals surface area contributed by atoms with E-state index in [1.807, 2.05) is 0 Å². The van der Waals surface area contributed by atoms with Crippen LogP contribution in [0.2, 0.25) is 0 Å². The zero-order valence-electron chi connectivity index (χ0n) is 7.58. The summed E-state index contributed by atoms with van der Waals surface area (Å²) in [5, 5.41) is 27.8. The Kier molecular flexibility index (Phi) is 5.72. The van der Waals surface area contributed by atoms with E-state index in [0.29, 0.717) is 0 Å². The Bertz CT molecular complexity index is 268. The summed E-state index contributed by atoms with van der Waals surface area (Å²) in [5.41, 5.74) is 0. The minimum Gasteiger partial charge on any atom is -0.481 e. The van der Waals surface area contributed by atoms with Crippen LogP contribution in [-0.2, 0) is 14.4 Å². The molecule has 0 saturated carbocycles. The molecule has 0 saturated heterocycles. The van der Waals surface area contributed by atoms with Gasteiger partial charge in [0.1, 0.15) is 12.1 Å². The molecule has 0 aromatic heterocycles. The molecule has 0 aromatic carbocycles. The van der Waals surface area contributed by atoms with Gasteiger partial charge in [-0.3, -0.25) is 19.7 Å². The molecule has 4 N–H and O–H groups in total. The Morgan fingerprint density at radius 1 is 1.07 bits per heavy atom. The van der Waals surface area contributed by atoms with Crippen LogP contribution >= 0.6 is 12.6 Å². The molecule has 0 bridgehead atoms. The van der Waals surface area contributed by atoms with Crippen molar-refractivity contribution in [2.45, 2.75) is 18.5 Å². The van der Waals surface area contributed by atoms with Gasteiger partial charge in [-0.1, -0.05) is 0 Å². The molecule has 0 aliphatic rings. The van der Waals surface area contributed by atoms with Gasteiger partial charge in [0.05, 0.1) is 6.42 Å². The van der Waals surface area contributed by atoms with Crippen LogP contribution in [0.1, 0.15) is 6.42 Å². The summed E-state index contributed by atoms with van der Waals surface area (Å²) in [6.07, 6.45) is -0.688. The lowest BCUT2D eigenvalue weighted by Gasteiger charge is -2.17. The summed E-state index contributed by atoms with van der Waals surface area (Å²) < 4.78 is 0. The van der Waals surface area contributed by atoms with Crippen LogP contribution in [-0.4, -0.2) is 51.1 Å². The van der Waals surface area contributed by atoms with Crippen molar-refractivity contribution >= 4 is 30.5 Å². The highest BCUT2D eigenvalue weighted by Gasteiger charge is 2.26. The van der Waals surface area contributed by atoms with Crippen LogP contribution in [0.25, 0.3) is 0 Å². The van der Waals surface area contributed by atoms with Gasteiger partial charge >= 0.3 is 17.9 Å². The van der Waals surface area contributed by atoms with Crippen molar-refractivity contribution in [3.8, 4) is 0 Å². The minimum absolute atomic E-state index is 0.126. The molecule has 0 spiro atoms. The maximum absolute atomic E-state index is 10.6. The summed E-state index contributed by atoms with van der Waals surface area (Å²) >= 11 is 3.70. The predicted molar refractivity (Wildman–Crippen MR) is 52.1 cm³/mol. The molecule has 0 aliphatic heterocycles. The number of hydrogen-bond acceptors (Lipinski definition) is 5. The fourth-order valence-corrected chi connectivity index (χ4v) is 1.10. The van der Waals surface area contributed by atoms with E-state index in [9.17, 15) is 14.4 Å². The number of hydrogen-bond donors (Lipinski definition) is 5. The highest BCUT2D eigenvalue weighted by Crippen LogP contribution is 1.97. The highest BCUT2D eigenvalue weighted by molar-refractivity contribution is 7.80. The van der Waals surface area contributed by atoms with Gasteiger partial charge in [0.2, 0.25) is 0 Å². The van der Waals surface area contributed by atoms with E-state index in [0.717, 1.165) is 0 Å². The second kappa shape index (κ2) is 6.25. The van der Waals surface area contributed by atoms with Crippen molar-refractivity contribution in [1.82, 2.24) is 5.32 Å². The molecular formula is C7H11NO6S. The molecule has 8 heteroatoms. The van der Waals surface area contributed by atoms with E-state index in [1.54, 1.807) is 0 Å². The predicted octanol–water partition coefficient (Wildman–Crippen LogP) is -1.11. The lowest BCUT2D eigenvalue weighted by molar-refractivity contribution is -0.147. The minimum atomic E-state index is -1.43. The zero-order chi connectivity index (χ0) is 12.0. The number of rotatable bonds is 7. The van der Waals surface area contributed by atoms with Gasteiger partial charge < -0.3 is 15.3 Å². The van der Waals surface area contributed by atoms with Crippen molar-refractivity contribution in [2.75, 3.05) is 5.75 Å². The maximum atomic E-state index is 10.6. The van der Waals surface area contributed by atoms with E-state index in [4.69, 9.17) is 15.3 Å². The van der Waals surface area contributed by atoms with Crippen LogP contribution in [0, 0.1) is 0 Å². The monoisotopic (exact) mass is 237 g/mol. The van der Waals surface area contributed by atoms with Gasteiger partial charge in [-0.25, -0.2) is 0 Å². The van der Waals surface area contributed by atoms with Crippen LogP contribution < -0.4 is 5.32 Å². The zero-order valence-corrected chi connectivity index (χ0v) is 8.48. The molecule has 0 fully saturated rings. The van der Waals surface area contributed by atoms with Crippen LogP contribution in [0.15, 0.2) is 0 Å². The fourth-order valence-electron chi connectivity index (χ4n) is 0.837. The number of thiol groups is 1. The standard InChI is InChI=1S/C7H11NO6S/c9-5(10)1-3(6(11)12)8-4(2-15)7(13)14/h3-4,8,15H,1-2H2,(H,9,10)(H,11,12)(H,13,14)/t3?,4-/m0/s1. The number of carboxylic acids is 3. The first-order chi connectivity index (χ1) is 6.88. The summed E-state index contributed by atoms with van der Waals surface area (Å²) in [6.45, 7) is 0. The smallest absolute Gasteiger partial charge is 0.321 e. The van der Waals surface area contributed by atoms with Crippen molar-refractivity contribution in [2.24, 2.45) is 0 Å². The normalized spacial score (nSPS) is 14.2. The number of aliphatic carboxylic acids is 3. The van der Waals surface area contributed by atoms with Crippen molar-refractivity contribution < 1.29 is 29.7 Å². The third-order valence-electron chi connectivity index (χ3n) is 1.56. The molecule has 1 unspecified atom stereocenters. The quantitative estimate of drug-likeness (QED) is 0.355. The summed E-state index contributed by atoms with van der Waals surface area (Å²) in [6, 6.07) is -2.62. The molecule has 2 atom stereocenters. The van der Waals surface area contributed by atoms with Gasteiger partial charge in [0.25, 0.3) is 0 Å². The molecule has 0 aliphatic carbocycles. The van der Waals surface area contributed by atoms with Crippen molar-refractivity contribution in [3.05, 3.63) is 0 Å². The highest BCUT2D eigenvalue weighted by atomic mass is 32.1. The first kappa shape index (κ1) is 13.7. The second-order valence-electron chi connectivity index (χ2n) is 2.73. The average molecular weight is 237 g/mol. The van der Waals surface area contributed by atoms with Crippen molar-refractivity contribution in [3.63, 3.8) is 0 Å². The van der Waals surface area contributed by atoms with Gasteiger partial charge in [-0.05, 0) is 0 Å². The molecule has 0 amide bonds. The van der Waals surface area contributed by atoms with E-state index < -0.39 is 36.4 Å². The molecular weight excluding hydrogens is 226 g/mol. The molecule has 0 heterocycles. The fraction of sp³-hybridized carbons (Fsp3) is 0.571. The van der Waals surface area contributed by atoms with Gasteiger partial charge in [-0.15, -0.1) is 0 Å². The summed E-state index contributed by atoms with van der Waals surface area (Å²) in [7, 11) is 0. The number of nitrogens with one attached hydrogen (secondary N) is 1. The third kappa shape index (κ3) is 5.23. The Morgan fingerprint density at radius 2 is 1.53 bits per heavy atom. The molecule has 86 valence electrons. The van der Waals surface area contributed by atoms with E-state index in [1.165, 1.54) is 0 Å². The molecule has 7 nitrogen and oxygen atoms in total. The van der Waals surface area contributed by atoms with Crippen LogP contribution in [0.3, 0.4) is 0 Å². The Balaban J connectivity index is 4.45. The SMILES string of the molecule is O=C(O)CC(N[C@@H](CS)C(=O)O)C(=O)O. The topological polar surface area (TPSA) is 124 Å². The first-order valence-electron chi connectivity index (χ1n) is 3.92. The number of carboxylic acid groups (broad SMARTS) is 3. The Labute approximate surface area is 90.5 Å². The molecule has 0 aromatic rings. The van der Waals surface area contributed by atoms with Gasteiger partial charge in [0, 0.05) is 5.75 Å². The average Bonchev–Trinajstić information content (AvgIpc) is 2.10. The Morgan fingerprint density at radius 3 is 1.80 bits per heavy atom. The lowest BCUT2D eigenvalue weighted by Crippen LogP contribution is -2.49.